The fourth-order valence-electron chi connectivity index (χ4n) is 3.07. The van der Waals surface area contributed by atoms with Gasteiger partial charge in [0.05, 0.1) is 5.52 Å². The molecule has 6 heteroatoms. The SMILES string of the molecule is CC.Cc1ccc2ccccc2n1.Cc1cccc(COc2cccc(O)c2)c1OCC(=O)O. The van der Waals surface area contributed by atoms with Crippen molar-refractivity contribution >= 4 is 16.9 Å². The molecular weight excluding hydrogens is 430 g/mol. The van der Waals surface area contributed by atoms with Gasteiger partial charge < -0.3 is 19.7 Å². The first-order valence-electron chi connectivity index (χ1n) is 11.1. The van der Waals surface area contributed by atoms with Crippen molar-refractivity contribution in [3.8, 4) is 17.2 Å². The molecule has 4 rings (SSSR count). The van der Waals surface area contributed by atoms with E-state index in [2.05, 4.69) is 17.1 Å². The summed E-state index contributed by atoms with van der Waals surface area (Å²) >= 11 is 0. The number of ether oxygens (including phenoxy) is 2. The molecule has 0 aliphatic carbocycles. The van der Waals surface area contributed by atoms with Crippen molar-refractivity contribution in [1.82, 2.24) is 4.98 Å². The first-order valence-corrected chi connectivity index (χ1v) is 11.1. The van der Waals surface area contributed by atoms with Crippen LogP contribution in [0.5, 0.6) is 17.2 Å². The molecule has 0 bridgehead atoms. The van der Waals surface area contributed by atoms with E-state index in [0.29, 0.717) is 11.5 Å². The highest BCUT2D eigenvalue weighted by Crippen LogP contribution is 2.26. The minimum absolute atomic E-state index is 0.124. The molecule has 0 saturated heterocycles. The van der Waals surface area contributed by atoms with Gasteiger partial charge in [0.2, 0.25) is 0 Å². The Balaban J connectivity index is 0.000000262. The number of fused-ring (bicyclic) bond motifs is 1. The van der Waals surface area contributed by atoms with Crippen molar-refractivity contribution in [2.45, 2.75) is 34.3 Å². The molecule has 0 spiro atoms. The Morgan fingerprint density at radius 3 is 2.35 bits per heavy atom. The Morgan fingerprint density at radius 2 is 1.62 bits per heavy atom. The topological polar surface area (TPSA) is 88.9 Å². The summed E-state index contributed by atoms with van der Waals surface area (Å²) in [5, 5.41) is 19.3. The Hall–Kier alpha value is -4.06. The molecule has 0 radical (unpaired) electrons. The van der Waals surface area contributed by atoms with E-state index >= 15 is 0 Å². The number of hydrogen-bond acceptors (Lipinski definition) is 5. The first-order chi connectivity index (χ1) is 16.4. The molecular formula is C28H31NO5. The maximum atomic E-state index is 10.6. The molecule has 0 unspecified atom stereocenters. The minimum atomic E-state index is -1.03. The Bertz CT molecular complexity index is 1210. The largest absolute Gasteiger partial charge is 0.508 e. The average Bonchev–Trinajstić information content (AvgIpc) is 2.83. The normalized spacial score (nSPS) is 9.76. The summed E-state index contributed by atoms with van der Waals surface area (Å²) in [6.07, 6.45) is 0. The van der Waals surface area contributed by atoms with E-state index < -0.39 is 12.6 Å². The van der Waals surface area contributed by atoms with Crippen LogP contribution in [0.15, 0.2) is 78.9 Å². The zero-order valence-electron chi connectivity index (χ0n) is 20.0. The van der Waals surface area contributed by atoms with E-state index in [1.54, 1.807) is 18.2 Å². The lowest BCUT2D eigenvalue weighted by Gasteiger charge is -2.13. The van der Waals surface area contributed by atoms with E-state index in [4.69, 9.17) is 14.6 Å². The number of aliphatic carboxylic acids is 1. The van der Waals surface area contributed by atoms with Gasteiger partial charge in [0, 0.05) is 22.7 Å². The summed E-state index contributed by atoms with van der Waals surface area (Å²) in [4.78, 5) is 15.0. The number of phenols is 1. The molecule has 2 N–H and O–H groups in total. The number of carboxylic acids is 1. The number of carbonyl (C=O) groups is 1. The Morgan fingerprint density at radius 1 is 0.882 bits per heavy atom. The maximum absolute atomic E-state index is 10.6. The number of rotatable bonds is 6. The number of aryl methyl sites for hydroxylation is 2. The number of pyridine rings is 1. The third kappa shape index (κ3) is 8.13. The number of para-hydroxylation sites is 2. The van der Waals surface area contributed by atoms with Crippen LogP contribution in [0.1, 0.15) is 30.7 Å². The third-order valence-corrected chi connectivity index (χ3v) is 4.58. The number of phenolic OH excluding ortho intramolecular Hbond substituents is 1. The summed E-state index contributed by atoms with van der Waals surface area (Å²) in [7, 11) is 0. The van der Waals surface area contributed by atoms with Gasteiger partial charge in [-0.15, -0.1) is 0 Å². The highest BCUT2D eigenvalue weighted by Gasteiger charge is 2.10. The molecule has 0 fully saturated rings. The second-order valence-electron chi connectivity index (χ2n) is 7.18. The lowest BCUT2D eigenvalue weighted by atomic mass is 10.1. The van der Waals surface area contributed by atoms with Gasteiger partial charge in [-0.25, -0.2) is 4.79 Å². The highest BCUT2D eigenvalue weighted by atomic mass is 16.5. The van der Waals surface area contributed by atoms with Crippen molar-refractivity contribution in [1.29, 1.82) is 0 Å². The van der Waals surface area contributed by atoms with Crippen molar-refractivity contribution < 1.29 is 24.5 Å². The van der Waals surface area contributed by atoms with Gasteiger partial charge in [0.15, 0.2) is 6.61 Å². The molecule has 0 saturated carbocycles. The van der Waals surface area contributed by atoms with Gasteiger partial charge in [-0.3, -0.25) is 4.98 Å². The van der Waals surface area contributed by atoms with E-state index in [1.165, 1.54) is 11.5 Å². The zero-order valence-corrected chi connectivity index (χ0v) is 20.0. The lowest BCUT2D eigenvalue weighted by Crippen LogP contribution is -2.12. The Labute approximate surface area is 200 Å². The summed E-state index contributed by atoms with van der Waals surface area (Å²) in [5.74, 6) is 0.137. The molecule has 34 heavy (non-hydrogen) atoms. The van der Waals surface area contributed by atoms with Crippen LogP contribution in [0.4, 0.5) is 0 Å². The standard InChI is InChI=1S/C16H16O5.C10H9N.C2H6/c1-11-4-2-5-12(16(11)21-10-15(18)19)9-20-14-7-3-6-13(17)8-14;1-8-6-7-9-4-2-3-5-10(9)11-8;1-2/h2-8,17H,9-10H2,1H3,(H,18,19);2-7H,1H3;1-2H3. The van der Waals surface area contributed by atoms with Crippen molar-refractivity contribution in [2.75, 3.05) is 6.61 Å². The molecule has 4 aromatic rings. The smallest absolute Gasteiger partial charge is 0.341 e. The molecule has 6 nitrogen and oxygen atoms in total. The molecule has 0 atom stereocenters. The van der Waals surface area contributed by atoms with Crippen LogP contribution in [0, 0.1) is 13.8 Å². The quantitative estimate of drug-likeness (QED) is 0.350. The van der Waals surface area contributed by atoms with Gasteiger partial charge in [0.25, 0.3) is 0 Å². The van der Waals surface area contributed by atoms with E-state index in [9.17, 15) is 9.90 Å². The number of aromatic nitrogens is 1. The minimum Gasteiger partial charge on any atom is -0.508 e. The van der Waals surface area contributed by atoms with Crippen LogP contribution in [0.3, 0.4) is 0 Å². The first kappa shape index (κ1) is 26.2. The Kier molecular flexibility index (Phi) is 10.4. The summed E-state index contributed by atoms with van der Waals surface area (Å²) in [5.41, 5.74) is 3.74. The van der Waals surface area contributed by atoms with Gasteiger partial charge >= 0.3 is 5.97 Å². The number of hydrogen-bond donors (Lipinski definition) is 2. The number of aromatic hydroxyl groups is 1. The predicted octanol–water partition coefficient (Wildman–Crippen LogP) is 6.31. The number of benzene rings is 3. The van der Waals surface area contributed by atoms with Crippen LogP contribution in [0.2, 0.25) is 0 Å². The van der Waals surface area contributed by atoms with E-state index in [1.807, 2.05) is 70.2 Å². The molecule has 0 aliphatic rings. The van der Waals surface area contributed by atoms with Gasteiger partial charge in [0.1, 0.15) is 23.9 Å². The molecule has 3 aromatic carbocycles. The number of nitrogens with zero attached hydrogens (tertiary/aromatic N) is 1. The maximum Gasteiger partial charge on any atom is 0.341 e. The van der Waals surface area contributed by atoms with Crippen LogP contribution < -0.4 is 9.47 Å². The average molecular weight is 462 g/mol. The molecule has 1 aromatic heterocycles. The fraction of sp³-hybridized carbons (Fsp3) is 0.214. The van der Waals surface area contributed by atoms with Crippen LogP contribution in [-0.4, -0.2) is 27.8 Å². The van der Waals surface area contributed by atoms with Gasteiger partial charge in [-0.2, -0.15) is 0 Å². The third-order valence-electron chi connectivity index (χ3n) is 4.58. The molecule has 0 aliphatic heterocycles. The van der Waals surface area contributed by atoms with Crippen LogP contribution >= 0.6 is 0 Å². The van der Waals surface area contributed by atoms with Crippen molar-refractivity contribution in [3.05, 3.63) is 95.7 Å². The summed E-state index contributed by atoms with van der Waals surface area (Å²) < 4.78 is 10.9. The lowest BCUT2D eigenvalue weighted by molar-refractivity contribution is -0.139. The monoisotopic (exact) mass is 461 g/mol. The van der Waals surface area contributed by atoms with Crippen LogP contribution in [-0.2, 0) is 11.4 Å². The van der Waals surface area contributed by atoms with Crippen LogP contribution in [0.25, 0.3) is 10.9 Å². The van der Waals surface area contributed by atoms with Crippen molar-refractivity contribution in [3.63, 3.8) is 0 Å². The second-order valence-corrected chi connectivity index (χ2v) is 7.18. The van der Waals surface area contributed by atoms with Gasteiger partial charge in [-0.1, -0.05) is 62.4 Å². The van der Waals surface area contributed by atoms with Gasteiger partial charge in [-0.05, 0) is 43.7 Å². The highest BCUT2D eigenvalue weighted by molar-refractivity contribution is 5.78. The molecule has 178 valence electrons. The zero-order chi connectivity index (χ0) is 24.9. The fourth-order valence-corrected chi connectivity index (χ4v) is 3.07. The van der Waals surface area contributed by atoms with Crippen molar-refractivity contribution in [2.24, 2.45) is 0 Å². The number of carboxylic acid groups (broad SMARTS) is 1. The van der Waals surface area contributed by atoms with E-state index in [0.717, 1.165) is 22.3 Å². The summed E-state index contributed by atoms with van der Waals surface area (Å²) in [6.45, 7) is 7.67. The summed E-state index contributed by atoms with van der Waals surface area (Å²) in [6, 6.07) is 24.2. The predicted molar refractivity (Wildman–Crippen MR) is 135 cm³/mol. The second kappa shape index (κ2) is 13.5. The molecule has 0 amide bonds. The van der Waals surface area contributed by atoms with E-state index in [-0.39, 0.29) is 12.4 Å². The molecule has 1 heterocycles.